The maximum Gasteiger partial charge on any atom is 0.139 e. The van der Waals surface area contributed by atoms with Crippen molar-refractivity contribution in [3.05, 3.63) is 71.8 Å². The van der Waals surface area contributed by atoms with Crippen LogP contribution < -0.4 is 0 Å². The van der Waals surface area contributed by atoms with E-state index in [9.17, 15) is 9.50 Å². The highest BCUT2D eigenvalue weighted by Gasteiger charge is 2.24. The Kier molecular flexibility index (Phi) is 6.75. The van der Waals surface area contributed by atoms with Crippen LogP contribution in [0.25, 0.3) is 0 Å². The Hall–Kier alpha value is -1.71. The van der Waals surface area contributed by atoms with Gasteiger partial charge in [-0.25, -0.2) is 4.39 Å². The molecule has 0 aliphatic rings. The third-order valence-electron chi connectivity index (χ3n) is 3.98. The van der Waals surface area contributed by atoms with E-state index in [2.05, 4.69) is 4.90 Å². The lowest BCUT2D eigenvalue weighted by atomic mass is 10.0. The molecule has 2 atom stereocenters. The number of aliphatic hydroxyl groups is 1. The molecule has 0 amide bonds. The van der Waals surface area contributed by atoms with Crippen molar-refractivity contribution < 1.29 is 9.50 Å². The van der Waals surface area contributed by atoms with Gasteiger partial charge in [0.1, 0.15) is 6.17 Å². The van der Waals surface area contributed by atoms with Crippen LogP contribution >= 0.6 is 0 Å². The zero-order chi connectivity index (χ0) is 16.7. The number of rotatable bonds is 8. The molecule has 2 nitrogen and oxygen atoms in total. The minimum absolute atomic E-state index is 0.0831. The maximum atomic E-state index is 14.4. The van der Waals surface area contributed by atoms with E-state index in [1.165, 1.54) is 0 Å². The summed E-state index contributed by atoms with van der Waals surface area (Å²) in [4.78, 5) is 2.06. The first-order chi connectivity index (χ1) is 11.1. The van der Waals surface area contributed by atoms with Gasteiger partial charge in [-0.15, -0.1) is 0 Å². The quantitative estimate of drug-likeness (QED) is 0.794. The fraction of sp³-hybridized carbons (Fsp3) is 0.400. The van der Waals surface area contributed by atoms with Crippen molar-refractivity contribution in [3.63, 3.8) is 0 Å². The molecule has 0 saturated carbocycles. The first-order valence-corrected chi connectivity index (χ1v) is 8.18. The van der Waals surface area contributed by atoms with Crippen molar-refractivity contribution >= 4 is 0 Å². The van der Waals surface area contributed by atoms with Gasteiger partial charge in [0.05, 0.1) is 6.10 Å². The summed E-state index contributed by atoms with van der Waals surface area (Å²) in [5, 5.41) is 9.97. The van der Waals surface area contributed by atoms with E-state index >= 15 is 0 Å². The van der Waals surface area contributed by atoms with Crippen LogP contribution in [0.1, 0.15) is 25.0 Å². The molecular weight excluding hydrogens is 289 g/mol. The summed E-state index contributed by atoms with van der Waals surface area (Å²) < 4.78 is 14.4. The van der Waals surface area contributed by atoms with Crippen LogP contribution in [-0.4, -0.2) is 28.8 Å². The van der Waals surface area contributed by atoms with Crippen LogP contribution in [0.2, 0.25) is 0 Å². The summed E-state index contributed by atoms with van der Waals surface area (Å²) in [6, 6.07) is 20.1. The van der Waals surface area contributed by atoms with E-state index in [-0.39, 0.29) is 12.5 Å². The van der Waals surface area contributed by atoms with Gasteiger partial charge in [0.15, 0.2) is 0 Å². The Morgan fingerprint density at radius 3 is 1.70 bits per heavy atom. The van der Waals surface area contributed by atoms with Crippen LogP contribution in [0, 0.1) is 5.92 Å². The van der Waals surface area contributed by atoms with Gasteiger partial charge in [0.25, 0.3) is 0 Å². The van der Waals surface area contributed by atoms with Gasteiger partial charge in [0, 0.05) is 19.6 Å². The second-order valence-corrected chi connectivity index (χ2v) is 6.39. The molecular formula is C20H26FNO. The summed E-state index contributed by atoms with van der Waals surface area (Å²) in [5.74, 6) is -0.0831. The molecule has 0 radical (unpaired) electrons. The lowest BCUT2D eigenvalue weighted by molar-refractivity contribution is 0.0187. The summed E-state index contributed by atoms with van der Waals surface area (Å²) in [6.07, 6.45) is -2.17. The van der Waals surface area contributed by atoms with Crippen molar-refractivity contribution in [1.82, 2.24) is 4.90 Å². The molecule has 0 saturated heterocycles. The third-order valence-corrected chi connectivity index (χ3v) is 3.98. The molecule has 0 aliphatic carbocycles. The fourth-order valence-corrected chi connectivity index (χ4v) is 2.64. The molecule has 124 valence electrons. The molecule has 1 unspecified atom stereocenters. The lowest BCUT2D eigenvalue weighted by Gasteiger charge is -2.27. The Morgan fingerprint density at radius 1 is 0.870 bits per heavy atom. The molecule has 0 bridgehead atoms. The van der Waals surface area contributed by atoms with E-state index in [1.54, 1.807) is 0 Å². The molecule has 2 rings (SSSR count). The Balaban J connectivity index is 2.07. The molecule has 0 fully saturated rings. The normalized spacial score (nSPS) is 14.2. The van der Waals surface area contributed by atoms with Crippen molar-refractivity contribution in [2.45, 2.75) is 39.2 Å². The molecule has 23 heavy (non-hydrogen) atoms. The minimum atomic E-state index is -1.25. The van der Waals surface area contributed by atoms with Gasteiger partial charge in [-0.05, 0) is 17.0 Å². The first kappa shape index (κ1) is 17.6. The fourth-order valence-electron chi connectivity index (χ4n) is 2.64. The van der Waals surface area contributed by atoms with Crippen molar-refractivity contribution in [2.75, 3.05) is 6.54 Å². The van der Waals surface area contributed by atoms with E-state index in [0.717, 1.165) is 11.1 Å². The monoisotopic (exact) mass is 315 g/mol. The first-order valence-electron chi connectivity index (χ1n) is 8.18. The number of halogens is 1. The SMILES string of the molecule is CC(C)C(O)[C@H](F)CN(Cc1ccccc1)Cc1ccccc1. The zero-order valence-electron chi connectivity index (χ0n) is 13.9. The largest absolute Gasteiger partial charge is 0.390 e. The Labute approximate surface area is 138 Å². The number of benzene rings is 2. The highest BCUT2D eigenvalue weighted by atomic mass is 19.1. The highest BCUT2D eigenvalue weighted by Crippen LogP contribution is 2.15. The third kappa shape index (κ3) is 5.77. The van der Waals surface area contributed by atoms with E-state index in [1.807, 2.05) is 74.5 Å². The van der Waals surface area contributed by atoms with Crippen molar-refractivity contribution in [3.8, 4) is 0 Å². The summed E-state index contributed by atoms with van der Waals surface area (Å²) in [7, 11) is 0. The summed E-state index contributed by atoms with van der Waals surface area (Å²) in [6.45, 7) is 5.25. The average molecular weight is 315 g/mol. The molecule has 3 heteroatoms. The van der Waals surface area contributed by atoms with Crippen molar-refractivity contribution in [2.24, 2.45) is 5.92 Å². The predicted octanol–water partition coefficient (Wildman–Crippen LogP) is 4.04. The van der Waals surface area contributed by atoms with E-state index < -0.39 is 12.3 Å². The van der Waals surface area contributed by atoms with E-state index in [0.29, 0.717) is 13.1 Å². The van der Waals surface area contributed by atoms with Crippen molar-refractivity contribution in [1.29, 1.82) is 0 Å². The second-order valence-electron chi connectivity index (χ2n) is 6.39. The zero-order valence-corrected chi connectivity index (χ0v) is 13.9. The standard InChI is InChI=1S/C20H26FNO/c1-16(2)20(23)19(21)15-22(13-17-9-5-3-6-10-17)14-18-11-7-4-8-12-18/h3-12,16,19-20,23H,13-15H2,1-2H3/t19-,20?/m1/s1. The van der Waals surface area contributed by atoms with Crippen LogP contribution in [0.3, 0.4) is 0 Å². The van der Waals surface area contributed by atoms with Crippen LogP contribution in [0.15, 0.2) is 60.7 Å². The lowest BCUT2D eigenvalue weighted by Crippen LogP contribution is -2.38. The smallest absolute Gasteiger partial charge is 0.139 e. The molecule has 0 aliphatic heterocycles. The van der Waals surface area contributed by atoms with Gasteiger partial charge in [-0.1, -0.05) is 74.5 Å². The van der Waals surface area contributed by atoms with Gasteiger partial charge in [-0.3, -0.25) is 4.90 Å². The van der Waals surface area contributed by atoms with Gasteiger partial charge < -0.3 is 5.11 Å². The number of hydrogen-bond donors (Lipinski definition) is 1. The predicted molar refractivity (Wildman–Crippen MR) is 92.7 cm³/mol. The topological polar surface area (TPSA) is 23.5 Å². The Morgan fingerprint density at radius 2 is 1.30 bits per heavy atom. The molecule has 2 aromatic carbocycles. The van der Waals surface area contributed by atoms with Crippen LogP contribution in [0.4, 0.5) is 4.39 Å². The van der Waals surface area contributed by atoms with E-state index in [4.69, 9.17) is 0 Å². The van der Waals surface area contributed by atoms with Crippen LogP contribution in [0.5, 0.6) is 0 Å². The van der Waals surface area contributed by atoms with Gasteiger partial charge in [0.2, 0.25) is 0 Å². The Bertz CT molecular complexity index is 517. The number of aliphatic hydroxyl groups excluding tert-OH is 1. The molecule has 2 aromatic rings. The van der Waals surface area contributed by atoms with Gasteiger partial charge in [-0.2, -0.15) is 0 Å². The summed E-state index contributed by atoms with van der Waals surface area (Å²) >= 11 is 0. The van der Waals surface area contributed by atoms with Gasteiger partial charge >= 0.3 is 0 Å². The molecule has 0 spiro atoms. The average Bonchev–Trinajstić information content (AvgIpc) is 2.55. The number of hydrogen-bond acceptors (Lipinski definition) is 2. The highest BCUT2D eigenvalue weighted by molar-refractivity contribution is 5.17. The maximum absolute atomic E-state index is 14.4. The molecule has 0 aromatic heterocycles. The summed E-state index contributed by atoms with van der Waals surface area (Å²) in [5.41, 5.74) is 2.30. The minimum Gasteiger partial charge on any atom is -0.390 e. The van der Waals surface area contributed by atoms with Crippen LogP contribution in [-0.2, 0) is 13.1 Å². The number of nitrogens with zero attached hydrogens (tertiary/aromatic N) is 1. The number of alkyl halides is 1. The molecule has 0 heterocycles. The second kappa shape index (κ2) is 8.80. The molecule has 1 N–H and O–H groups in total.